The molecule has 1 rings (SSSR count). The molecule has 0 unspecified atom stereocenters. The molecular formula is C5H9NO4S. The molecule has 1 aliphatic heterocycles. The van der Waals surface area contributed by atoms with E-state index in [2.05, 4.69) is 11.4 Å². The fourth-order valence-electron chi connectivity index (χ4n) is 0.406. The van der Waals surface area contributed by atoms with Crippen LogP contribution in [0.3, 0.4) is 0 Å². The average Bonchev–Trinajstić information content (AvgIpc) is 1.88. The van der Waals surface area contributed by atoms with Crippen LogP contribution in [0.15, 0.2) is 24.4 Å². The molecule has 0 aromatic carbocycles. The predicted octanol–water partition coefficient (Wildman–Crippen LogP) is 0.00670. The minimum Gasteiger partial charge on any atom is -0.387 e. The molecule has 6 heteroatoms. The molecular weight excluding hydrogens is 170 g/mol. The Bertz CT molecular complexity index is 221. The highest BCUT2D eigenvalue weighted by molar-refractivity contribution is 7.79. The van der Waals surface area contributed by atoms with E-state index in [1.54, 1.807) is 0 Å². The monoisotopic (exact) mass is 179 g/mol. The molecule has 0 fully saturated rings. The number of dihydropyridines is 1. The van der Waals surface area contributed by atoms with E-state index in [-0.39, 0.29) is 0 Å². The Hall–Kier alpha value is -0.850. The summed E-state index contributed by atoms with van der Waals surface area (Å²) in [6.07, 6.45) is 8.00. The van der Waals surface area contributed by atoms with Crippen LogP contribution in [0, 0.1) is 0 Å². The minimum atomic E-state index is -4.67. The first kappa shape index (κ1) is 10.2. The molecule has 0 amide bonds. The maximum atomic E-state index is 8.74. The second-order valence-corrected chi connectivity index (χ2v) is 2.54. The highest BCUT2D eigenvalue weighted by atomic mass is 32.3. The summed E-state index contributed by atoms with van der Waals surface area (Å²) in [5.41, 5.74) is 0. The lowest BCUT2D eigenvalue weighted by Gasteiger charge is -1.94. The molecule has 0 radical (unpaired) electrons. The van der Waals surface area contributed by atoms with Crippen LogP contribution in [-0.2, 0) is 10.4 Å². The molecule has 3 N–H and O–H groups in total. The van der Waals surface area contributed by atoms with Crippen LogP contribution in [-0.4, -0.2) is 24.1 Å². The lowest BCUT2D eigenvalue weighted by Crippen LogP contribution is -2.05. The molecule has 0 bridgehead atoms. The Morgan fingerprint density at radius 3 is 1.91 bits per heavy atom. The summed E-state index contributed by atoms with van der Waals surface area (Å²) >= 11 is 0. The normalized spacial score (nSPS) is 14.7. The molecule has 0 aromatic rings. The molecule has 11 heavy (non-hydrogen) atoms. The first-order valence-corrected chi connectivity index (χ1v) is 4.15. The molecule has 0 aliphatic carbocycles. The van der Waals surface area contributed by atoms with Crippen LogP contribution in [0.4, 0.5) is 0 Å². The summed E-state index contributed by atoms with van der Waals surface area (Å²) in [6, 6.07) is 0. The van der Waals surface area contributed by atoms with E-state index in [1.807, 2.05) is 18.4 Å². The Morgan fingerprint density at radius 2 is 1.82 bits per heavy atom. The zero-order valence-corrected chi connectivity index (χ0v) is 6.45. The lowest BCUT2D eigenvalue weighted by molar-refractivity contribution is 0.381. The van der Waals surface area contributed by atoms with Crippen LogP contribution in [0.2, 0.25) is 0 Å². The number of hydrogen-bond donors (Lipinski definition) is 3. The van der Waals surface area contributed by atoms with Crippen LogP contribution in [0.1, 0.15) is 0 Å². The summed E-state index contributed by atoms with van der Waals surface area (Å²) < 4.78 is 31.6. The van der Waals surface area contributed by atoms with Gasteiger partial charge in [-0.1, -0.05) is 12.2 Å². The van der Waals surface area contributed by atoms with Crippen LogP contribution >= 0.6 is 0 Å². The molecule has 1 aliphatic rings. The van der Waals surface area contributed by atoms with Gasteiger partial charge in [-0.05, 0) is 12.3 Å². The second kappa shape index (κ2) is 4.89. The number of nitrogens with one attached hydrogen (secondary N) is 1. The zero-order valence-electron chi connectivity index (χ0n) is 5.64. The first-order valence-electron chi connectivity index (χ1n) is 2.75. The van der Waals surface area contributed by atoms with Gasteiger partial charge in [-0.2, -0.15) is 8.42 Å². The standard InChI is InChI=1S/C5H7N.H2O4S/c1-2-4-6-5-3-1;1-5(2,3)4/h1-4,6H,5H2;(H2,1,2,3,4). The molecule has 0 aromatic heterocycles. The van der Waals surface area contributed by atoms with Crippen molar-refractivity contribution in [2.24, 2.45) is 0 Å². The van der Waals surface area contributed by atoms with Crippen LogP contribution in [0.5, 0.6) is 0 Å². The van der Waals surface area contributed by atoms with Gasteiger partial charge in [0.15, 0.2) is 0 Å². The summed E-state index contributed by atoms with van der Waals surface area (Å²) in [4.78, 5) is 0. The van der Waals surface area contributed by atoms with E-state index < -0.39 is 10.4 Å². The van der Waals surface area contributed by atoms with E-state index in [1.165, 1.54) is 0 Å². The summed E-state index contributed by atoms with van der Waals surface area (Å²) in [6.45, 7) is 0.983. The number of rotatable bonds is 0. The van der Waals surface area contributed by atoms with E-state index in [9.17, 15) is 0 Å². The van der Waals surface area contributed by atoms with Crippen LogP contribution < -0.4 is 5.32 Å². The van der Waals surface area contributed by atoms with E-state index >= 15 is 0 Å². The van der Waals surface area contributed by atoms with Crippen molar-refractivity contribution >= 4 is 10.4 Å². The van der Waals surface area contributed by atoms with Gasteiger partial charge in [0.1, 0.15) is 0 Å². The summed E-state index contributed by atoms with van der Waals surface area (Å²) in [7, 11) is -4.67. The third kappa shape index (κ3) is 17.6. The van der Waals surface area contributed by atoms with E-state index in [4.69, 9.17) is 17.5 Å². The van der Waals surface area contributed by atoms with Crippen molar-refractivity contribution in [1.82, 2.24) is 5.32 Å². The highest BCUT2D eigenvalue weighted by Crippen LogP contribution is 1.78. The van der Waals surface area contributed by atoms with Crippen molar-refractivity contribution in [2.75, 3.05) is 6.54 Å². The van der Waals surface area contributed by atoms with Crippen LogP contribution in [0.25, 0.3) is 0 Å². The van der Waals surface area contributed by atoms with E-state index in [0.29, 0.717) is 0 Å². The van der Waals surface area contributed by atoms with Gasteiger partial charge in [0.25, 0.3) is 0 Å². The third-order valence-corrected chi connectivity index (χ3v) is 0.697. The van der Waals surface area contributed by atoms with Crippen molar-refractivity contribution in [3.8, 4) is 0 Å². The Morgan fingerprint density at radius 1 is 1.27 bits per heavy atom. The van der Waals surface area contributed by atoms with Crippen molar-refractivity contribution in [1.29, 1.82) is 0 Å². The largest absolute Gasteiger partial charge is 0.394 e. The number of allylic oxidation sites excluding steroid dienone is 2. The van der Waals surface area contributed by atoms with Gasteiger partial charge in [0.2, 0.25) is 0 Å². The number of hydrogen-bond acceptors (Lipinski definition) is 3. The Labute approximate surface area is 65.0 Å². The molecule has 0 saturated carbocycles. The maximum absolute atomic E-state index is 8.74. The quantitative estimate of drug-likeness (QED) is 0.456. The predicted molar refractivity (Wildman–Crippen MR) is 40.5 cm³/mol. The summed E-state index contributed by atoms with van der Waals surface area (Å²) in [5.74, 6) is 0. The second-order valence-electron chi connectivity index (χ2n) is 1.64. The Balaban J connectivity index is 0.000000187. The molecule has 0 saturated heterocycles. The molecule has 1 heterocycles. The maximum Gasteiger partial charge on any atom is 0.394 e. The van der Waals surface area contributed by atoms with Crippen molar-refractivity contribution in [2.45, 2.75) is 0 Å². The van der Waals surface area contributed by atoms with Gasteiger partial charge < -0.3 is 5.32 Å². The van der Waals surface area contributed by atoms with Crippen molar-refractivity contribution in [3.63, 3.8) is 0 Å². The topological polar surface area (TPSA) is 86.6 Å². The fourth-order valence-corrected chi connectivity index (χ4v) is 0.406. The van der Waals surface area contributed by atoms with Gasteiger partial charge >= 0.3 is 10.4 Å². The molecule has 0 atom stereocenters. The van der Waals surface area contributed by atoms with Gasteiger partial charge in [0.05, 0.1) is 0 Å². The SMILES string of the molecule is C1=CCNC=C1.O=S(=O)(O)O. The smallest absolute Gasteiger partial charge is 0.387 e. The molecule has 0 spiro atoms. The van der Waals surface area contributed by atoms with Gasteiger partial charge in [-0.15, -0.1) is 0 Å². The minimum absolute atomic E-state index is 0.983. The van der Waals surface area contributed by atoms with Gasteiger partial charge in [-0.3, -0.25) is 9.11 Å². The van der Waals surface area contributed by atoms with Gasteiger partial charge in [-0.25, -0.2) is 0 Å². The third-order valence-electron chi connectivity index (χ3n) is 0.697. The first-order chi connectivity index (χ1) is 5.00. The average molecular weight is 179 g/mol. The Kier molecular flexibility index (Phi) is 4.51. The molecule has 5 nitrogen and oxygen atoms in total. The van der Waals surface area contributed by atoms with Gasteiger partial charge in [0, 0.05) is 6.54 Å². The van der Waals surface area contributed by atoms with E-state index in [0.717, 1.165) is 6.54 Å². The zero-order chi connectivity index (χ0) is 8.74. The molecule has 64 valence electrons. The lowest BCUT2D eigenvalue weighted by atomic mass is 10.4. The fraction of sp³-hybridized carbons (Fsp3) is 0.200. The van der Waals surface area contributed by atoms with Crippen molar-refractivity contribution in [3.05, 3.63) is 24.4 Å². The summed E-state index contributed by atoms with van der Waals surface area (Å²) in [5, 5.41) is 3.02. The highest BCUT2D eigenvalue weighted by Gasteiger charge is 1.84. The van der Waals surface area contributed by atoms with Crippen molar-refractivity contribution < 1.29 is 17.5 Å².